The van der Waals surface area contributed by atoms with Gasteiger partial charge in [-0.2, -0.15) is 0 Å². The van der Waals surface area contributed by atoms with E-state index in [1.165, 1.54) is 0 Å². The molecular formula is C6H10O2. The van der Waals surface area contributed by atoms with Crippen molar-refractivity contribution in [2.45, 2.75) is 32.5 Å². The van der Waals surface area contributed by atoms with Crippen LogP contribution in [0, 0.1) is 0 Å². The van der Waals surface area contributed by atoms with E-state index < -0.39 is 5.60 Å². The van der Waals surface area contributed by atoms with Crippen molar-refractivity contribution in [3.05, 3.63) is 0 Å². The molecule has 0 saturated carbocycles. The molecule has 0 bridgehead atoms. The fourth-order valence-electron chi connectivity index (χ4n) is 0.702. The maximum absolute atomic E-state index is 10.6. The van der Waals surface area contributed by atoms with Crippen LogP contribution in [-0.2, 0) is 9.53 Å². The Morgan fingerprint density at radius 2 is 2.12 bits per heavy atom. The standard InChI is InChI=1S/C6H10O2/c1-4(7)6(3)5(2)8-6/h5H,1-3H3/t5-,6-/m0/s1. The Bertz CT molecular complexity index is 130. The van der Waals surface area contributed by atoms with Crippen LogP contribution in [0.2, 0.25) is 0 Å². The molecule has 1 heterocycles. The molecule has 1 fully saturated rings. The van der Waals surface area contributed by atoms with Gasteiger partial charge >= 0.3 is 0 Å². The van der Waals surface area contributed by atoms with Crippen molar-refractivity contribution in [2.24, 2.45) is 0 Å². The molecule has 1 saturated heterocycles. The van der Waals surface area contributed by atoms with Gasteiger partial charge in [-0.25, -0.2) is 0 Å². The average Bonchev–Trinajstić information content (AvgIpc) is 2.17. The van der Waals surface area contributed by atoms with Gasteiger partial charge in [-0.3, -0.25) is 4.79 Å². The van der Waals surface area contributed by atoms with Gasteiger partial charge in [-0.15, -0.1) is 0 Å². The van der Waals surface area contributed by atoms with Crippen LogP contribution in [-0.4, -0.2) is 17.5 Å². The number of Topliss-reactive ketones (excluding diaryl/α,β-unsaturated/α-hetero) is 1. The van der Waals surface area contributed by atoms with E-state index in [4.69, 9.17) is 4.74 Å². The summed E-state index contributed by atoms with van der Waals surface area (Å²) in [6.45, 7) is 5.28. The Labute approximate surface area is 48.8 Å². The summed E-state index contributed by atoms with van der Waals surface area (Å²) in [5.74, 6) is 0.130. The Kier molecular flexibility index (Phi) is 0.949. The molecule has 0 aliphatic carbocycles. The summed E-state index contributed by atoms with van der Waals surface area (Å²) < 4.78 is 5.02. The van der Waals surface area contributed by atoms with Crippen molar-refractivity contribution < 1.29 is 9.53 Å². The Morgan fingerprint density at radius 1 is 1.75 bits per heavy atom. The summed E-state index contributed by atoms with van der Waals surface area (Å²) in [5, 5.41) is 0. The van der Waals surface area contributed by atoms with Crippen molar-refractivity contribution in [1.29, 1.82) is 0 Å². The van der Waals surface area contributed by atoms with Crippen molar-refractivity contribution in [3.63, 3.8) is 0 Å². The van der Waals surface area contributed by atoms with Gasteiger partial charge in [0.1, 0.15) is 5.60 Å². The third kappa shape index (κ3) is 0.564. The zero-order valence-corrected chi connectivity index (χ0v) is 5.39. The predicted molar refractivity (Wildman–Crippen MR) is 29.6 cm³/mol. The van der Waals surface area contributed by atoms with Crippen molar-refractivity contribution >= 4 is 5.78 Å². The minimum Gasteiger partial charge on any atom is -0.358 e. The normalized spacial score (nSPS) is 44.1. The van der Waals surface area contributed by atoms with E-state index in [9.17, 15) is 4.79 Å². The van der Waals surface area contributed by atoms with Crippen LogP contribution in [0.15, 0.2) is 0 Å². The van der Waals surface area contributed by atoms with E-state index in [-0.39, 0.29) is 11.9 Å². The second-order valence-electron chi connectivity index (χ2n) is 2.42. The summed E-state index contributed by atoms with van der Waals surface area (Å²) in [6.07, 6.45) is 0.139. The van der Waals surface area contributed by atoms with E-state index >= 15 is 0 Å². The summed E-state index contributed by atoms with van der Waals surface area (Å²) in [5.41, 5.74) is -0.431. The molecule has 2 heteroatoms. The van der Waals surface area contributed by atoms with Crippen LogP contribution in [0.5, 0.6) is 0 Å². The lowest BCUT2D eigenvalue weighted by atomic mass is 10.1. The molecule has 0 aromatic heterocycles. The molecule has 2 nitrogen and oxygen atoms in total. The van der Waals surface area contributed by atoms with E-state index in [0.717, 1.165) is 0 Å². The number of rotatable bonds is 1. The van der Waals surface area contributed by atoms with Crippen LogP contribution in [0.1, 0.15) is 20.8 Å². The molecule has 0 aromatic carbocycles. The molecule has 1 rings (SSSR count). The zero-order valence-electron chi connectivity index (χ0n) is 5.39. The number of ketones is 1. The topological polar surface area (TPSA) is 29.6 Å². The minimum atomic E-state index is -0.431. The first-order valence-electron chi connectivity index (χ1n) is 2.76. The minimum absolute atomic E-state index is 0.130. The quantitative estimate of drug-likeness (QED) is 0.471. The molecule has 2 atom stereocenters. The summed E-state index contributed by atoms with van der Waals surface area (Å²) in [7, 11) is 0. The summed E-state index contributed by atoms with van der Waals surface area (Å²) in [4.78, 5) is 10.6. The van der Waals surface area contributed by atoms with Gasteiger partial charge in [0.15, 0.2) is 5.78 Å². The number of carbonyl (C=O) groups is 1. The molecule has 0 N–H and O–H groups in total. The van der Waals surface area contributed by atoms with Crippen molar-refractivity contribution in [1.82, 2.24) is 0 Å². The zero-order chi connectivity index (χ0) is 6.36. The summed E-state index contributed by atoms with van der Waals surface area (Å²) in [6, 6.07) is 0. The first-order chi connectivity index (χ1) is 3.57. The van der Waals surface area contributed by atoms with Crippen LogP contribution >= 0.6 is 0 Å². The molecule has 0 radical (unpaired) electrons. The third-order valence-corrected chi connectivity index (χ3v) is 1.84. The lowest BCUT2D eigenvalue weighted by molar-refractivity contribution is -0.121. The molecule has 8 heavy (non-hydrogen) atoms. The van der Waals surface area contributed by atoms with Gasteiger partial charge in [0.2, 0.25) is 0 Å². The maximum Gasteiger partial charge on any atom is 0.163 e. The highest BCUT2D eigenvalue weighted by atomic mass is 16.6. The lowest BCUT2D eigenvalue weighted by Crippen LogP contribution is -2.18. The molecule has 0 amide bonds. The van der Waals surface area contributed by atoms with Crippen LogP contribution in [0.4, 0.5) is 0 Å². The molecule has 1 aliphatic heterocycles. The molecule has 46 valence electrons. The number of hydrogen-bond acceptors (Lipinski definition) is 2. The predicted octanol–water partition coefficient (Wildman–Crippen LogP) is 0.753. The Balaban J connectivity index is 2.60. The molecule has 0 spiro atoms. The first kappa shape index (κ1) is 5.76. The fourth-order valence-corrected chi connectivity index (χ4v) is 0.702. The van der Waals surface area contributed by atoms with Crippen molar-refractivity contribution in [3.8, 4) is 0 Å². The van der Waals surface area contributed by atoms with Gasteiger partial charge in [0.05, 0.1) is 6.10 Å². The second kappa shape index (κ2) is 1.32. The van der Waals surface area contributed by atoms with Gasteiger partial charge in [0, 0.05) is 0 Å². The van der Waals surface area contributed by atoms with Gasteiger partial charge in [0.25, 0.3) is 0 Å². The molecule has 1 aliphatic rings. The SMILES string of the molecule is CC(=O)[C@]1(C)O[C@H]1C. The van der Waals surface area contributed by atoms with Crippen LogP contribution in [0.3, 0.4) is 0 Å². The number of ether oxygens (including phenoxy) is 1. The smallest absolute Gasteiger partial charge is 0.163 e. The Hall–Kier alpha value is -0.370. The highest BCUT2D eigenvalue weighted by Gasteiger charge is 2.52. The highest BCUT2D eigenvalue weighted by Crippen LogP contribution is 2.35. The van der Waals surface area contributed by atoms with Crippen LogP contribution < -0.4 is 0 Å². The largest absolute Gasteiger partial charge is 0.358 e. The van der Waals surface area contributed by atoms with Gasteiger partial charge < -0.3 is 4.74 Å². The van der Waals surface area contributed by atoms with E-state index in [0.29, 0.717) is 0 Å². The van der Waals surface area contributed by atoms with Crippen LogP contribution in [0.25, 0.3) is 0 Å². The summed E-state index contributed by atoms with van der Waals surface area (Å²) >= 11 is 0. The van der Waals surface area contributed by atoms with E-state index in [1.54, 1.807) is 6.92 Å². The molecule has 0 unspecified atom stereocenters. The molecule has 0 aromatic rings. The number of epoxide rings is 1. The van der Waals surface area contributed by atoms with Crippen molar-refractivity contribution in [2.75, 3.05) is 0 Å². The van der Waals surface area contributed by atoms with Gasteiger partial charge in [-0.05, 0) is 20.8 Å². The van der Waals surface area contributed by atoms with Gasteiger partial charge in [-0.1, -0.05) is 0 Å². The monoisotopic (exact) mass is 114 g/mol. The number of hydrogen-bond donors (Lipinski definition) is 0. The van der Waals surface area contributed by atoms with E-state index in [1.807, 2.05) is 13.8 Å². The number of carbonyl (C=O) groups excluding carboxylic acids is 1. The first-order valence-corrected chi connectivity index (χ1v) is 2.76. The Morgan fingerprint density at radius 3 is 2.12 bits per heavy atom. The van der Waals surface area contributed by atoms with E-state index in [2.05, 4.69) is 0 Å². The lowest BCUT2D eigenvalue weighted by Gasteiger charge is -1.94. The highest BCUT2D eigenvalue weighted by molar-refractivity contribution is 5.87. The molecular weight excluding hydrogens is 104 g/mol. The third-order valence-electron chi connectivity index (χ3n) is 1.84. The second-order valence-corrected chi connectivity index (χ2v) is 2.42. The fraction of sp³-hybridized carbons (Fsp3) is 0.833. The average molecular weight is 114 g/mol. The maximum atomic E-state index is 10.6.